The lowest BCUT2D eigenvalue weighted by Crippen LogP contribution is -2.54. The molecule has 3 atom stereocenters. The molecule has 0 saturated carbocycles. The van der Waals surface area contributed by atoms with E-state index in [1.54, 1.807) is 6.20 Å². The number of hydrogen-bond acceptors (Lipinski definition) is 5. The molecule has 1 fully saturated rings. The number of imidazole rings is 1. The summed E-state index contributed by atoms with van der Waals surface area (Å²) in [5, 5.41) is 13.9. The van der Waals surface area contributed by atoms with Crippen molar-refractivity contribution in [2.24, 2.45) is 0 Å². The van der Waals surface area contributed by atoms with Gasteiger partial charge in [0.1, 0.15) is 5.75 Å². The molecule has 30 heavy (non-hydrogen) atoms. The molecule has 0 amide bonds. The number of benzene rings is 2. The van der Waals surface area contributed by atoms with Gasteiger partial charge in [0.05, 0.1) is 18.5 Å². The quantitative estimate of drug-likeness (QED) is 0.652. The van der Waals surface area contributed by atoms with Crippen molar-refractivity contribution in [2.45, 2.75) is 38.3 Å². The summed E-state index contributed by atoms with van der Waals surface area (Å²) in [5.41, 5.74) is 4.17. The fraction of sp³-hybridized carbons (Fsp3) is 0.375. The third-order valence-corrected chi connectivity index (χ3v) is 6.04. The van der Waals surface area contributed by atoms with Crippen molar-refractivity contribution in [1.82, 2.24) is 15.0 Å². The van der Waals surface area contributed by atoms with Gasteiger partial charge < -0.3 is 20.2 Å². The molecule has 0 aliphatic carbocycles. The Balaban J connectivity index is 1.35. The van der Waals surface area contributed by atoms with Gasteiger partial charge in [-0.15, -0.1) is 0 Å². The Hall–Kier alpha value is -2.99. The highest BCUT2D eigenvalue weighted by Gasteiger charge is 2.27. The first-order chi connectivity index (χ1) is 14.6. The number of rotatable bonds is 3. The number of nitrogens with zero attached hydrogens (tertiary/aromatic N) is 3. The smallest absolute Gasteiger partial charge is 0.175 e. The maximum atomic E-state index is 10.3. The lowest BCUT2D eigenvalue weighted by atomic mass is 9.94. The molecule has 5 rings (SSSR count). The van der Waals surface area contributed by atoms with E-state index in [0.717, 1.165) is 41.2 Å². The second kappa shape index (κ2) is 7.69. The average Bonchev–Trinajstić information content (AvgIpc) is 3.14. The van der Waals surface area contributed by atoms with Crippen molar-refractivity contribution < 1.29 is 9.94 Å². The van der Waals surface area contributed by atoms with Crippen LogP contribution in [0.3, 0.4) is 0 Å². The third-order valence-electron chi connectivity index (χ3n) is 6.04. The van der Waals surface area contributed by atoms with Crippen LogP contribution in [0.4, 0.5) is 5.69 Å². The number of hydrogen-bond donors (Lipinski definition) is 2. The van der Waals surface area contributed by atoms with Gasteiger partial charge in [-0.3, -0.25) is 0 Å². The molecule has 6 heteroatoms. The van der Waals surface area contributed by atoms with Crippen LogP contribution in [0.2, 0.25) is 0 Å². The van der Waals surface area contributed by atoms with E-state index in [9.17, 15) is 5.21 Å². The normalized spacial score (nSPS) is 23.7. The van der Waals surface area contributed by atoms with E-state index in [-0.39, 0.29) is 5.92 Å². The van der Waals surface area contributed by atoms with Crippen molar-refractivity contribution >= 4 is 5.69 Å². The van der Waals surface area contributed by atoms with Gasteiger partial charge in [-0.2, -0.15) is 4.73 Å². The number of piperazine rings is 1. The number of ether oxygens (including phenoxy) is 1. The summed E-state index contributed by atoms with van der Waals surface area (Å²) in [6.45, 7) is 7.03. The van der Waals surface area contributed by atoms with Gasteiger partial charge >= 0.3 is 0 Å². The van der Waals surface area contributed by atoms with Crippen molar-refractivity contribution in [3.05, 3.63) is 66.0 Å². The summed E-state index contributed by atoms with van der Waals surface area (Å²) < 4.78 is 7.28. The molecule has 1 unspecified atom stereocenters. The summed E-state index contributed by atoms with van der Waals surface area (Å²) in [7, 11) is 0. The minimum Gasteiger partial charge on any atom is -0.493 e. The molecule has 2 aromatic carbocycles. The molecule has 1 aromatic heterocycles. The maximum Gasteiger partial charge on any atom is 0.175 e. The van der Waals surface area contributed by atoms with Gasteiger partial charge in [-0.1, -0.05) is 36.4 Å². The van der Waals surface area contributed by atoms with E-state index in [0.29, 0.717) is 24.5 Å². The zero-order valence-electron chi connectivity index (χ0n) is 17.5. The molecule has 2 aliphatic rings. The van der Waals surface area contributed by atoms with E-state index in [1.165, 1.54) is 11.3 Å². The zero-order valence-corrected chi connectivity index (χ0v) is 17.5. The summed E-state index contributed by atoms with van der Waals surface area (Å²) in [6.07, 6.45) is 2.56. The van der Waals surface area contributed by atoms with Crippen molar-refractivity contribution in [2.75, 3.05) is 24.6 Å². The highest BCUT2D eigenvalue weighted by atomic mass is 16.5. The summed E-state index contributed by atoms with van der Waals surface area (Å²) in [4.78, 5) is 7.13. The van der Waals surface area contributed by atoms with Crippen LogP contribution in [0.25, 0.3) is 11.4 Å². The molecule has 2 N–H and O–H groups in total. The predicted octanol–water partition coefficient (Wildman–Crippen LogP) is 3.69. The van der Waals surface area contributed by atoms with Gasteiger partial charge in [0, 0.05) is 48.4 Å². The van der Waals surface area contributed by atoms with Crippen LogP contribution in [-0.4, -0.2) is 46.7 Å². The number of nitrogens with one attached hydrogen (secondary N) is 1. The van der Waals surface area contributed by atoms with Gasteiger partial charge in [-0.05, 0) is 31.9 Å². The fourth-order valence-corrected chi connectivity index (χ4v) is 4.65. The number of aromatic nitrogens is 2. The SMILES string of the molecule is C[C@@H]1CN(c2ccc3c(c2)OCC(c2cn(O)c(-c4ccccc4)n2)C3)C[C@H](C)N1. The lowest BCUT2D eigenvalue weighted by Gasteiger charge is -2.38. The van der Waals surface area contributed by atoms with Crippen molar-refractivity contribution in [3.8, 4) is 17.1 Å². The first kappa shape index (κ1) is 19.0. The largest absolute Gasteiger partial charge is 0.493 e. The minimum atomic E-state index is 0.124. The van der Waals surface area contributed by atoms with Crippen LogP contribution in [0.5, 0.6) is 5.75 Å². The Kier molecular flexibility index (Phi) is 4.87. The molecular weight excluding hydrogens is 376 g/mol. The third kappa shape index (κ3) is 3.63. The van der Waals surface area contributed by atoms with Crippen LogP contribution in [0.15, 0.2) is 54.7 Å². The van der Waals surface area contributed by atoms with Crippen LogP contribution in [0, 0.1) is 0 Å². The molecule has 6 nitrogen and oxygen atoms in total. The van der Waals surface area contributed by atoms with Crippen molar-refractivity contribution in [3.63, 3.8) is 0 Å². The summed E-state index contributed by atoms with van der Waals surface area (Å²) in [5.74, 6) is 1.65. The van der Waals surface area contributed by atoms with Gasteiger partial charge in [0.2, 0.25) is 0 Å². The average molecular weight is 405 g/mol. The molecule has 1 saturated heterocycles. The van der Waals surface area contributed by atoms with Gasteiger partial charge in [0.25, 0.3) is 0 Å². The molecular formula is C24H28N4O2. The Morgan fingerprint density at radius 2 is 1.83 bits per heavy atom. The molecule has 0 spiro atoms. The Labute approximate surface area is 177 Å². The lowest BCUT2D eigenvalue weighted by molar-refractivity contribution is 0.190. The Bertz CT molecular complexity index is 1020. The van der Waals surface area contributed by atoms with E-state index >= 15 is 0 Å². The predicted molar refractivity (Wildman–Crippen MR) is 118 cm³/mol. The first-order valence-corrected chi connectivity index (χ1v) is 10.7. The maximum absolute atomic E-state index is 10.3. The Morgan fingerprint density at radius 1 is 1.07 bits per heavy atom. The van der Waals surface area contributed by atoms with Crippen LogP contribution < -0.4 is 15.0 Å². The second-order valence-corrected chi connectivity index (χ2v) is 8.58. The highest BCUT2D eigenvalue weighted by molar-refractivity contribution is 5.57. The van der Waals surface area contributed by atoms with Crippen LogP contribution in [0.1, 0.15) is 31.0 Å². The van der Waals surface area contributed by atoms with Gasteiger partial charge in [-0.25, -0.2) is 4.98 Å². The van der Waals surface area contributed by atoms with E-state index in [2.05, 4.69) is 42.3 Å². The van der Waals surface area contributed by atoms with E-state index in [1.807, 2.05) is 30.3 Å². The topological polar surface area (TPSA) is 62.5 Å². The first-order valence-electron chi connectivity index (χ1n) is 10.7. The minimum absolute atomic E-state index is 0.124. The van der Waals surface area contributed by atoms with E-state index in [4.69, 9.17) is 9.72 Å². The molecule has 2 aliphatic heterocycles. The molecule has 156 valence electrons. The van der Waals surface area contributed by atoms with Crippen LogP contribution >= 0.6 is 0 Å². The standard InChI is InChI=1S/C24H28N4O2/c1-16-12-27(13-17(2)25-16)21-9-8-19-10-20(15-30-23(19)11-21)22-14-28(29)24(26-22)18-6-4-3-5-7-18/h3-9,11,14,16-17,20,25,29H,10,12-13,15H2,1-2H3/t16-,17+,20?. The molecule has 0 bridgehead atoms. The number of fused-ring (bicyclic) bond motifs is 1. The Morgan fingerprint density at radius 3 is 2.60 bits per heavy atom. The molecule has 3 heterocycles. The summed E-state index contributed by atoms with van der Waals surface area (Å²) >= 11 is 0. The summed E-state index contributed by atoms with van der Waals surface area (Å²) in [6, 6.07) is 17.3. The molecule has 3 aromatic rings. The molecule has 0 radical (unpaired) electrons. The highest BCUT2D eigenvalue weighted by Crippen LogP contribution is 2.36. The number of anilines is 1. The zero-order chi connectivity index (χ0) is 20.7. The monoisotopic (exact) mass is 404 g/mol. The second-order valence-electron chi connectivity index (χ2n) is 8.58. The van der Waals surface area contributed by atoms with Crippen molar-refractivity contribution in [1.29, 1.82) is 0 Å². The fourth-order valence-electron chi connectivity index (χ4n) is 4.65. The van der Waals surface area contributed by atoms with E-state index < -0.39 is 0 Å². The van der Waals surface area contributed by atoms with Gasteiger partial charge in [0.15, 0.2) is 5.82 Å². The van der Waals surface area contributed by atoms with Crippen LogP contribution in [-0.2, 0) is 6.42 Å².